The van der Waals surface area contributed by atoms with Crippen molar-refractivity contribution in [1.29, 1.82) is 0 Å². The van der Waals surface area contributed by atoms with Gasteiger partial charge >= 0.3 is 0 Å². The second-order valence-electron chi connectivity index (χ2n) is 5.02. The minimum Gasteiger partial charge on any atom is -0.378 e. The molecule has 1 heterocycles. The van der Waals surface area contributed by atoms with E-state index in [2.05, 4.69) is 32.6 Å². The molecule has 0 aromatic carbocycles. The van der Waals surface area contributed by atoms with Crippen LogP contribution < -0.4 is 0 Å². The Hall–Kier alpha value is -0.120. The van der Waals surface area contributed by atoms with E-state index in [1.54, 1.807) is 7.11 Å². The lowest BCUT2D eigenvalue weighted by molar-refractivity contribution is -0.0210. The molecule has 15 heavy (non-hydrogen) atoms. The normalized spacial score (nSPS) is 29.8. The Kier molecular flexibility index (Phi) is 5.03. The molecule has 1 aliphatic heterocycles. The van der Waals surface area contributed by atoms with Crippen LogP contribution in [0.2, 0.25) is 0 Å². The Morgan fingerprint density at radius 2 is 1.87 bits per heavy atom. The molecule has 0 aliphatic carbocycles. The van der Waals surface area contributed by atoms with Crippen LogP contribution in [0.4, 0.5) is 0 Å². The third-order valence-corrected chi connectivity index (χ3v) is 3.16. The van der Waals surface area contributed by atoms with Crippen LogP contribution in [0.5, 0.6) is 0 Å². The quantitative estimate of drug-likeness (QED) is 0.716. The lowest BCUT2D eigenvalue weighted by Crippen LogP contribution is -2.41. The van der Waals surface area contributed by atoms with Crippen LogP contribution in [0.25, 0.3) is 0 Å². The fraction of sp³-hybridized carbons (Fsp3) is 1.00. The summed E-state index contributed by atoms with van der Waals surface area (Å²) in [7, 11) is 1.77. The Morgan fingerprint density at radius 1 is 1.20 bits per heavy atom. The summed E-state index contributed by atoms with van der Waals surface area (Å²) in [5, 5.41) is 0. The standard InChI is InChI=1S/C12H25NO2/c1-9(2)12-7-13(10(3)4)6-11(14-5)8-15-12/h9-12H,6-8H2,1-5H3/t11-,12-/m0/s1. The van der Waals surface area contributed by atoms with Crippen LogP contribution in [0.1, 0.15) is 27.7 Å². The van der Waals surface area contributed by atoms with Crippen molar-refractivity contribution in [2.45, 2.75) is 45.9 Å². The molecule has 0 saturated carbocycles. The van der Waals surface area contributed by atoms with Gasteiger partial charge in [-0.25, -0.2) is 0 Å². The van der Waals surface area contributed by atoms with E-state index in [1.165, 1.54) is 0 Å². The van der Waals surface area contributed by atoms with Gasteiger partial charge in [0.1, 0.15) is 0 Å². The maximum atomic E-state index is 5.88. The fourth-order valence-electron chi connectivity index (χ4n) is 1.87. The van der Waals surface area contributed by atoms with Gasteiger partial charge in [-0.15, -0.1) is 0 Å². The summed E-state index contributed by atoms with van der Waals surface area (Å²) in [5.74, 6) is 0.571. The molecule has 0 spiro atoms. The highest BCUT2D eigenvalue weighted by Crippen LogP contribution is 2.16. The summed E-state index contributed by atoms with van der Waals surface area (Å²) in [5.41, 5.74) is 0. The third-order valence-electron chi connectivity index (χ3n) is 3.16. The van der Waals surface area contributed by atoms with E-state index >= 15 is 0 Å². The molecule has 0 aromatic heterocycles. The van der Waals surface area contributed by atoms with Gasteiger partial charge in [-0.2, -0.15) is 0 Å². The molecule has 1 fully saturated rings. The number of ether oxygens (including phenoxy) is 2. The highest BCUT2D eigenvalue weighted by molar-refractivity contribution is 4.78. The molecule has 3 nitrogen and oxygen atoms in total. The van der Waals surface area contributed by atoms with Crippen molar-refractivity contribution >= 4 is 0 Å². The SMILES string of the molecule is CO[C@@H]1CO[C@H](C(C)C)CN(C(C)C)C1. The first-order chi connectivity index (χ1) is 7.04. The Balaban J connectivity index is 2.62. The molecule has 2 atom stereocenters. The van der Waals surface area contributed by atoms with Crippen LogP contribution >= 0.6 is 0 Å². The van der Waals surface area contributed by atoms with Crippen LogP contribution in [0.15, 0.2) is 0 Å². The molecule has 90 valence electrons. The Bertz CT molecular complexity index is 182. The first-order valence-electron chi connectivity index (χ1n) is 5.93. The Morgan fingerprint density at radius 3 is 2.33 bits per heavy atom. The van der Waals surface area contributed by atoms with E-state index in [4.69, 9.17) is 9.47 Å². The van der Waals surface area contributed by atoms with E-state index in [0.717, 1.165) is 19.7 Å². The van der Waals surface area contributed by atoms with Crippen molar-refractivity contribution in [3.8, 4) is 0 Å². The van der Waals surface area contributed by atoms with Gasteiger partial charge in [-0.3, -0.25) is 4.90 Å². The molecule has 0 bridgehead atoms. The highest BCUT2D eigenvalue weighted by atomic mass is 16.5. The third kappa shape index (κ3) is 3.74. The summed E-state index contributed by atoms with van der Waals surface area (Å²) >= 11 is 0. The predicted molar refractivity (Wildman–Crippen MR) is 62.1 cm³/mol. The van der Waals surface area contributed by atoms with Gasteiger partial charge in [0.15, 0.2) is 0 Å². The Labute approximate surface area is 93.7 Å². The first-order valence-corrected chi connectivity index (χ1v) is 5.93. The molecule has 0 radical (unpaired) electrons. The topological polar surface area (TPSA) is 21.7 Å². The summed E-state index contributed by atoms with van der Waals surface area (Å²) in [6.45, 7) is 11.6. The predicted octanol–water partition coefficient (Wildman–Crippen LogP) is 1.77. The number of hydrogen-bond donors (Lipinski definition) is 0. The lowest BCUT2D eigenvalue weighted by Gasteiger charge is -2.29. The van der Waals surface area contributed by atoms with Crippen LogP contribution in [-0.4, -0.2) is 50.0 Å². The molecule has 0 unspecified atom stereocenters. The van der Waals surface area contributed by atoms with Crippen molar-refractivity contribution in [3.63, 3.8) is 0 Å². The van der Waals surface area contributed by atoms with E-state index < -0.39 is 0 Å². The second-order valence-corrected chi connectivity index (χ2v) is 5.02. The van der Waals surface area contributed by atoms with Crippen molar-refractivity contribution in [3.05, 3.63) is 0 Å². The smallest absolute Gasteiger partial charge is 0.0931 e. The zero-order valence-corrected chi connectivity index (χ0v) is 10.7. The fourth-order valence-corrected chi connectivity index (χ4v) is 1.87. The zero-order valence-electron chi connectivity index (χ0n) is 10.7. The summed E-state index contributed by atoms with van der Waals surface area (Å²) in [4.78, 5) is 2.45. The molecule has 1 rings (SSSR count). The molecular formula is C12H25NO2. The van der Waals surface area contributed by atoms with E-state index in [0.29, 0.717) is 18.1 Å². The largest absolute Gasteiger partial charge is 0.378 e. The van der Waals surface area contributed by atoms with Gasteiger partial charge in [-0.1, -0.05) is 13.8 Å². The summed E-state index contributed by atoms with van der Waals surface area (Å²) in [6.07, 6.45) is 0.559. The van der Waals surface area contributed by atoms with Gasteiger partial charge in [0.2, 0.25) is 0 Å². The monoisotopic (exact) mass is 215 g/mol. The van der Waals surface area contributed by atoms with Crippen LogP contribution in [-0.2, 0) is 9.47 Å². The number of nitrogens with zero attached hydrogens (tertiary/aromatic N) is 1. The molecular weight excluding hydrogens is 190 g/mol. The molecule has 1 aliphatic rings. The maximum Gasteiger partial charge on any atom is 0.0931 e. The van der Waals surface area contributed by atoms with E-state index in [9.17, 15) is 0 Å². The van der Waals surface area contributed by atoms with Crippen LogP contribution in [0.3, 0.4) is 0 Å². The van der Waals surface area contributed by atoms with Crippen molar-refractivity contribution in [2.75, 3.05) is 26.8 Å². The van der Waals surface area contributed by atoms with Gasteiger partial charge in [-0.05, 0) is 19.8 Å². The first kappa shape index (κ1) is 12.9. The van der Waals surface area contributed by atoms with Gasteiger partial charge < -0.3 is 9.47 Å². The zero-order chi connectivity index (χ0) is 11.4. The van der Waals surface area contributed by atoms with Crippen molar-refractivity contribution < 1.29 is 9.47 Å². The van der Waals surface area contributed by atoms with E-state index in [-0.39, 0.29) is 6.10 Å². The molecule has 3 heteroatoms. The number of methoxy groups -OCH3 is 1. The number of rotatable bonds is 3. The molecule has 0 amide bonds. The second kappa shape index (κ2) is 5.83. The average molecular weight is 215 g/mol. The van der Waals surface area contributed by atoms with Crippen molar-refractivity contribution in [1.82, 2.24) is 4.90 Å². The average Bonchev–Trinajstić information content (AvgIpc) is 2.39. The molecule has 0 N–H and O–H groups in total. The van der Waals surface area contributed by atoms with Gasteiger partial charge in [0, 0.05) is 26.2 Å². The molecule has 0 aromatic rings. The lowest BCUT2D eigenvalue weighted by atomic mass is 10.1. The summed E-state index contributed by atoms with van der Waals surface area (Å²) in [6, 6.07) is 0.561. The highest BCUT2D eigenvalue weighted by Gasteiger charge is 2.27. The minimum atomic E-state index is 0.219. The van der Waals surface area contributed by atoms with Crippen molar-refractivity contribution in [2.24, 2.45) is 5.92 Å². The van der Waals surface area contributed by atoms with Gasteiger partial charge in [0.25, 0.3) is 0 Å². The number of hydrogen-bond acceptors (Lipinski definition) is 3. The maximum absolute atomic E-state index is 5.88. The summed E-state index contributed by atoms with van der Waals surface area (Å²) < 4.78 is 11.3. The van der Waals surface area contributed by atoms with Crippen LogP contribution in [0, 0.1) is 5.92 Å². The van der Waals surface area contributed by atoms with E-state index in [1.807, 2.05) is 0 Å². The molecule has 1 saturated heterocycles. The minimum absolute atomic E-state index is 0.219. The van der Waals surface area contributed by atoms with Gasteiger partial charge in [0.05, 0.1) is 18.8 Å².